The molecule has 0 saturated carbocycles. The minimum Gasteiger partial charge on any atom is -0.481 e. The van der Waals surface area contributed by atoms with E-state index < -0.39 is 5.97 Å². The summed E-state index contributed by atoms with van der Waals surface area (Å²) >= 11 is 11.9. The summed E-state index contributed by atoms with van der Waals surface area (Å²) in [7, 11) is 0. The number of H-pyrrole nitrogens is 1. The second-order valence-corrected chi connectivity index (χ2v) is 7.15. The van der Waals surface area contributed by atoms with Crippen molar-refractivity contribution in [1.29, 1.82) is 5.41 Å². The van der Waals surface area contributed by atoms with Crippen LogP contribution in [0.1, 0.15) is 48.9 Å². The largest absolute Gasteiger partial charge is 0.481 e. The van der Waals surface area contributed by atoms with Crippen molar-refractivity contribution in [2.75, 3.05) is 5.32 Å². The van der Waals surface area contributed by atoms with Crippen molar-refractivity contribution >= 4 is 41.3 Å². The van der Waals surface area contributed by atoms with E-state index >= 15 is 0 Å². The van der Waals surface area contributed by atoms with E-state index in [1.54, 1.807) is 12.1 Å². The first kappa shape index (κ1) is 21.9. The first-order valence-corrected chi connectivity index (χ1v) is 9.69. The smallest absolute Gasteiger partial charge is 0.303 e. The molecular formula is C19H22Cl2N4O3. The molecule has 1 aromatic carbocycles. The third-order valence-corrected chi connectivity index (χ3v) is 4.93. The molecule has 4 N–H and O–H groups in total. The SMILES string of the molecule is N=Cc1nc(NCc2ccc(Cl)c(Cl)c2)[nH]c(=O)c1CCCCCCC(=O)O. The van der Waals surface area contributed by atoms with Gasteiger partial charge in [0.1, 0.15) is 0 Å². The molecule has 7 nitrogen and oxygen atoms in total. The van der Waals surface area contributed by atoms with Crippen LogP contribution >= 0.6 is 23.2 Å². The van der Waals surface area contributed by atoms with Crippen LogP contribution in [0.3, 0.4) is 0 Å². The van der Waals surface area contributed by atoms with Gasteiger partial charge < -0.3 is 15.8 Å². The van der Waals surface area contributed by atoms with Crippen LogP contribution < -0.4 is 10.9 Å². The molecule has 0 aliphatic carbocycles. The molecule has 0 amide bonds. The van der Waals surface area contributed by atoms with Crippen LogP contribution in [-0.2, 0) is 17.8 Å². The molecule has 28 heavy (non-hydrogen) atoms. The second-order valence-electron chi connectivity index (χ2n) is 6.33. The standard InChI is InChI=1S/C19H22Cl2N4O3/c20-14-8-7-12(9-15(14)21)11-23-19-24-16(10-22)13(18(28)25-19)5-3-1-2-4-6-17(26)27/h7-10,22H,1-6,11H2,(H,26,27)(H2,23,24,25,28). The topological polar surface area (TPSA) is 119 Å². The van der Waals surface area contributed by atoms with Gasteiger partial charge >= 0.3 is 5.97 Å². The van der Waals surface area contributed by atoms with Gasteiger partial charge in [-0.2, -0.15) is 0 Å². The Labute approximate surface area is 172 Å². The van der Waals surface area contributed by atoms with E-state index in [2.05, 4.69) is 15.3 Å². The first-order chi connectivity index (χ1) is 13.4. The van der Waals surface area contributed by atoms with E-state index in [1.165, 1.54) is 0 Å². The molecule has 2 rings (SSSR count). The van der Waals surface area contributed by atoms with Gasteiger partial charge in [-0.3, -0.25) is 14.6 Å². The number of aromatic nitrogens is 2. The number of aliphatic carboxylic acids is 1. The molecule has 0 aliphatic rings. The normalized spacial score (nSPS) is 10.6. The van der Waals surface area contributed by atoms with Crippen molar-refractivity contribution < 1.29 is 9.90 Å². The number of halogens is 2. The van der Waals surface area contributed by atoms with E-state index in [9.17, 15) is 9.59 Å². The summed E-state index contributed by atoms with van der Waals surface area (Å²) in [5.41, 5.74) is 1.38. The van der Waals surface area contributed by atoms with Gasteiger partial charge in [0.15, 0.2) is 0 Å². The summed E-state index contributed by atoms with van der Waals surface area (Å²) in [6.45, 7) is 0.389. The summed E-state index contributed by atoms with van der Waals surface area (Å²) in [4.78, 5) is 29.9. The lowest BCUT2D eigenvalue weighted by atomic mass is 10.1. The maximum atomic E-state index is 12.4. The van der Waals surface area contributed by atoms with Crippen molar-refractivity contribution in [3.8, 4) is 0 Å². The van der Waals surface area contributed by atoms with Gasteiger partial charge in [-0.05, 0) is 37.0 Å². The molecule has 0 saturated heterocycles. The summed E-state index contributed by atoms with van der Waals surface area (Å²) in [5, 5.41) is 20.1. The van der Waals surface area contributed by atoms with Crippen LogP contribution in [-0.4, -0.2) is 27.3 Å². The van der Waals surface area contributed by atoms with Crippen LogP contribution in [0.15, 0.2) is 23.0 Å². The lowest BCUT2D eigenvalue weighted by Crippen LogP contribution is -2.20. The number of carboxylic acids is 1. The number of hydrogen-bond donors (Lipinski definition) is 4. The van der Waals surface area contributed by atoms with Gasteiger partial charge in [-0.25, -0.2) is 4.98 Å². The summed E-state index contributed by atoms with van der Waals surface area (Å²) in [6.07, 6.45) is 4.70. The predicted molar refractivity (Wildman–Crippen MR) is 111 cm³/mol. The van der Waals surface area contributed by atoms with Gasteiger partial charge in [0.25, 0.3) is 5.56 Å². The zero-order valence-electron chi connectivity index (χ0n) is 15.2. The van der Waals surface area contributed by atoms with Crippen molar-refractivity contribution in [3.05, 3.63) is 55.4 Å². The van der Waals surface area contributed by atoms with Gasteiger partial charge in [0.2, 0.25) is 5.95 Å². The maximum absolute atomic E-state index is 12.4. The Morgan fingerprint density at radius 3 is 2.64 bits per heavy atom. The zero-order valence-corrected chi connectivity index (χ0v) is 16.7. The Balaban J connectivity index is 1.96. The van der Waals surface area contributed by atoms with Crippen LogP contribution in [0, 0.1) is 5.41 Å². The van der Waals surface area contributed by atoms with E-state index in [0.29, 0.717) is 40.7 Å². The summed E-state index contributed by atoms with van der Waals surface area (Å²) in [5.74, 6) is -0.518. The molecule has 0 bridgehead atoms. The fraction of sp³-hybridized carbons (Fsp3) is 0.368. The number of hydrogen-bond acceptors (Lipinski definition) is 5. The highest BCUT2D eigenvalue weighted by Gasteiger charge is 2.10. The molecule has 1 aromatic heterocycles. The highest BCUT2D eigenvalue weighted by Crippen LogP contribution is 2.22. The van der Waals surface area contributed by atoms with Crippen molar-refractivity contribution in [2.45, 2.75) is 45.1 Å². The Morgan fingerprint density at radius 1 is 1.21 bits per heavy atom. The quantitative estimate of drug-likeness (QED) is 0.317. The molecule has 2 aromatic rings. The highest BCUT2D eigenvalue weighted by atomic mass is 35.5. The van der Waals surface area contributed by atoms with Gasteiger partial charge in [-0.15, -0.1) is 0 Å². The maximum Gasteiger partial charge on any atom is 0.303 e. The third kappa shape index (κ3) is 6.65. The van der Waals surface area contributed by atoms with Crippen LogP contribution in [0.25, 0.3) is 0 Å². The number of benzene rings is 1. The Morgan fingerprint density at radius 2 is 1.96 bits per heavy atom. The predicted octanol–water partition coefficient (Wildman–Crippen LogP) is 4.26. The third-order valence-electron chi connectivity index (χ3n) is 4.20. The number of rotatable bonds is 11. The Bertz CT molecular complexity index is 899. The fourth-order valence-electron chi connectivity index (χ4n) is 2.73. The molecule has 0 aliphatic heterocycles. The monoisotopic (exact) mass is 424 g/mol. The molecular weight excluding hydrogens is 403 g/mol. The molecule has 150 valence electrons. The lowest BCUT2D eigenvalue weighted by Gasteiger charge is -2.10. The molecule has 9 heteroatoms. The fourth-order valence-corrected chi connectivity index (χ4v) is 3.05. The molecule has 1 heterocycles. The van der Waals surface area contributed by atoms with Crippen molar-refractivity contribution in [3.63, 3.8) is 0 Å². The zero-order chi connectivity index (χ0) is 20.5. The molecule has 0 radical (unpaired) electrons. The summed E-state index contributed by atoms with van der Waals surface area (Å²) < 4.78 is 0. The average molecular weight is 425 g/mol. The molecule has 0 atom stereocenters. The van der Waals surface area contributed by atoms with Gasteiger partial charge in [-0.1, -0.05) is 42.1 Å². The van der Waals surface area contributed by atoms with Gasteiger partial charge in [0, 0.05) is 24.7 Å². The summed E-state index contributed by atoms with van der Waals surface area (Å²) in [6, 6.07) is 5.24. The number of unbranched alkanes of at least 4 members (excludes halogenated alkanes) is 3. The van der Waals surface area contributed by atoms with Crippen molar-refractivity contribution in [2.24, 2.45) is 0 Å². The van der Waals surface area contributed by atoms with E-state index in [1.807, 2.05) is 6.07 Å². The number of carbonyl (C=O) groups is 1. The Kier molecular flexibility index (Phi) is 8.47. The second kappa shape index (κ2) is 10.8. The molecule has 0 unspecified atom stereocenters. The van der Waals surface area contributed by atoms with Crippen LogP contribution in [0.4, 0.5) is 5.95 Å². The number of nitrogens with zero attached hydrogens (tertiary/aromatic N) is 1. The Hall–Kier alpha value is -2.38. The minimum atomic E-state index is -0.796. The minimum absolute atomic E-state index is 0.160. The highest BCUT2D eigenvalue weighted by molar-refractivity contribution is 6.42. The van der Waals surface area contributed by atoms with Crippen LogP contribution in [0.2, 0.25) is 10.0 Å². The van der Waals surface area contributed by atoms with E-state index in [4.69, 9.17) is 33.7 Å². The van der Waals surface area contributed by atoms with Crippen molar-refractivity contribution in [1.82, 2.24) is 9.97 Å². The number of anilines is 1. The average Bonchev–Trinajstić information content (AvgIpc) is 2.66. The van der Waals surface area contributed by atoms with E-state index in [-0.39, 0.29) is 17.9 Å². The lowest BCUT2D eigenvalue weighted by molar-refractivity contribution is -0.137. The van der Waals surface area contributed by atoms with Gasteiger partial charge in [0.05, 0.1) is 15.7 Å². The van der Waals surface area contributed by atoms with E-state index in [0.717, 1.165) is 31.0 Å². The number of nitrogens with one attached hydrogen (secondary N) is 3. The van der Waals surface area contributed by atoms with Crippen LogP contribution in [0.5, 0.6) is 0 Å². The molecule has 0 spiro atoms. The first-order valence-electron chi connectivity index (χ1n) is 8.94. The number of aromatic amines is 1. The number of carboxylic acid groups (broad SMARTS) is 1. The molecule has 0 fully saturated rings.